The lowest BCUT2D eigenvalue weighted by Gasteiger charge is -2.20. The van der Waals surface area contributed by atoms with Gasteiger partial charge in [-0.05, 0) is 77.0 Å². The lowest BCUT2D eigenvalue weighted by molar-refractivity contribution is -0.154. The molecule has 0 saturated heterocycles. The van der Waals surface area contributed by atoms with Crippen molar-refractivity contribution in [2.75, 3.05) is 26.4 Å². The molecule has 0 heterocycles. The van der Waals surface area contributed by atoms with Gasteiger partial charge < -0.3 is 25.2 Å². The number of unbranched alkanes of at least 4 members (excludes halogenated alkanes) is 18. The molecule has 330 valence electrons. The molecule has 10 nitrogen and oxygen atoms in total. The fourth-order valence-corrected chi connectivity index (χ4v) is 6.60. The van der Waals surface area contributed by atoms with Gasteiger partial charge in [0.1, 0.15) is 12.1 Å². The maximum Gasteiger partial charge on any atom is 0.472 e. The van der Waals surface area contributed by atoms with Crippen LogP contribution < -0.4 is 5.73 Å². The van der Waals surface area contributed by atoms with Crippen LogP contribution in [-0.2, 0) is 32.7 Å². The van der Waals surface area contributed by atoms with Crippen molar-refractivity contribution >= 4 is 19.8 Å². The van der Waals surface area contributed by atoms with E-state index in [1.54, 1.807) is 0 Å². The molecule has 0 aliphatic rings. The topological polar surface area (TPSA) is 155 Å². The Morgan fingerprint density at radius 3 is 1.54 bits per heavy atom. The number of carboxylic acid groups (broad SMARTS) is 1. The first kappa shape index (κ1) is 54.7. The van der Waals surface area contributed by atoms with Gasteiger partial charge in [-0.2, -0.15) is 0 Å². The third kappa shape index (κ3) is 41.6. The Hall–Kier alpha value is -2.33. The van der Waals surface area contributed by atoms with Gasteiger partial charge in [0.2, 0.25) is 0 Å². The fourth-order valence-electron chi connectivity index (χ4n) is 5.82. The minimum Gasteiger partial charge on any atom is -0.480 e. The van der Waals surface area contributed by atoms with Crippen LogP contribution in [0.2, 0.25) is 0 Å². The molecule has 0 bridgehead atoms. The van der Waals surface area contributed by atoms with Gasteiger partial charge in [0.25, 0.3) is 0 Å². The van der Waals surface area contributed by atoms with Gasteiger partial charge in [-0.25, -0.2) is 4.57 Å². The van der Waals surface area contributed by atoms with Crippen molar-refractivity contribution in [2.24, 2.45) is 5.73 Å². The normalized spacial score (nSPS) is 14.5. The predicted octanol–water partition coefficient (Wildman–Crippen LogP) is 12.4. The Bertz CT molecular complexity index is 1140. The largest absolute Gasteiger partial charge is 0.480 e. The number of carbonyl (C=O) groups excluding carboxylic acids is 1. The lowest BCUT2D eigenvalue weighted by atomic mass is 10.1. The van der Waals surface area contributed by atoms with Crippen molar-refractivity contribution in [1.29, 1.82) is 0 Å². The highest BCUT2D eigenvalue weighted by atomic mass is 31.2. The molecule has 0 saturated carbocycles. The van der Waals surface area contributed by atoms with Crippen LogP contribution in [0.4, 0.5) is 0 Å². The van der Waals surface area contributed by atoms with E-state index in [-0.39, 0.29) is 13.0 Å². The van der Waals surface area contributed by atoms with Crippen LogP contribution >= 0.6 is 7.82 Å². The van der Waals surface area contributed by atoms with Crippen molar-refractivity contribution in [1.82, 2.24) is 0 Å². The molecular formula is C46H82NO9P. The first-order valence-corrected chi connectivity index (χ1v) is 23.8. The number of carbonyl (C=O) groups is 2. The summed E-state index contributed by atoms with van der Waals surface area (Å²) in [6, 6.07) is -1.48. The van der Waals surface area contributed by atoms with Gasteiger partial charge in [-0.1, -0.05) is 158 Å². The average molecular weight is 824 g/mol. The quantitative estimate of drug-likeness (QED) is 0.0234. The molecule has 3 unspecified atom stereocenters. The predicted molar refractivity (Wildman–Crippen MR) is 235 cm³/mol. The van der Waals surface area contributed by atoms with Crippen molar-refractivity contribution in [2.45, 2.75) is 193 Å². The maximum atomic E-state index is 12.6. The number of hydrogen-bond acceptors (Lipinski definition) is 8. The number of hydrogen-bond donors (Lipinski definition) is 3. The van der Waals surface area contributed by atoms with Crippen molar-refractivity contribution in [3.8, 4) is 0 Å². The standard InChI is InChI=1S/C46H82NO9P/c1-3-5-7-9-11-13-15-17-19-20-21-22-23-25-27-29-31-33-35-37-39-53-40-43(41-54-57(51,52)55-42-44(47)46(49)50)56-45(48)38-36-34-32-30-28-26-24-18-16-14-12-10-8-6-4-2/h5,7,11,13,17-19,21-22,24,43-44H,3-4,6,8-10,12,14-16,20,23,25-42,47H2,1-2H3,(H,49,50)(H,51,52)/b7-5-,13-11-,19-17-,22-21-,24-18-. The van der Waals surface area contributed by atoms with E-state index in [0.29, 0.717) is 13.0 Å². The summed E-state index contributed by atoms with van der Waals surface area (Å²) in [5.41, 5.74) is 5.36. The van der Waals surface area contributed by atoms with E-state index < -0.39 is 45.1 Å². The maximum absolute atomic E-state index is 12.6. The van der Waals surface area contributed by atoms with Crippen molar-refractivity contribution in [3.05, 3.63) is 60.8 Å². The average Bonchev–Trinajstić information content (AvgIpc) is 3.19. The molecule has 0 amide bonds. The second kappa shape index (κ2) is 41.8. The summed E-state index contributed by atoms with van der Waals surface area (Å²) in [4.78, 5) is 33.5. The van der Waals surface area contributed by atoms with Gasteiger partial charge in [-0.15, -0.1) is 0 Å². The minimum absolute atomic E-state index is 0.00402. The van der Waals surface area contributed by atoms with Crippen LogP contribution in [-0.4, -0.2) is 60.5 Å². The van der Waals surface area contributed by atoms with Crippen LogP contribution in [0.5, 0.6) is 0 Å². The smallest absolute Gasteiger partial charge is 0.472 e. The van der Waals surface area contributed by atoms with Gasteiger partial charge in [0.15, 0.2) is 0 Å². The number of allylic oxidation sites excluding steroid dienone is 10. The summed E-state index contributed by atoms with van der Waals surface area (Å²) < 4.78 is 33.4. The molecule has 0 rings (SSSR count). The summed E-state index contributed by atoms with van der Waals surface area (Å²) in [6.45, 7) is 3.72. The zero-order chi connectivity index (χ0) is 41.9. The fraction of sp³-hybridized carbons (Fsp3) is 0.739. The van der Waals surface area contributed by atoms with Crippen LogP contribution in [0.1, 0.15) is 181 Å². The Labute approximate surface area is 347 Å². The Morgan fingerprint density at radius 1 is 0.579 bits per heavy atom. The van der Waals surface area contributed by atoms with Crippen LogP contribution in [0.25, 0.3) is 0 Å². The van der Waals surface area contributed by atoms with Crippen molar-refractivity contribution in [3.63, 3.8) is 0 Å². The van der Waals surface area contributed by atoms with E-state index in [0.717, 1.165) is 83.5 Å². The third-order valence-electron chi connectivity index (χ3n) is 9.28. The summed E-state index contributed by atoms with van der Waals surface area (Å²) in [7, 11) is -4.62. The van der Waals surface area contributed by atoms with E-state index in [1.165, 1.54) is 70.6 Å². The zero-order valence-corrected chi connectivity index (χ0v) is 36.8. The molecule has 0 radical (unpaired) electrons. The summed E-state index contributed by atoms with van der Waals surface area (Å²) in [5.74, 6) is -1.79. The van der Waals surface area contributed by atoms with E-state index in [2.05, 4.69) is 74.6 Å². The Balaban J connectivity index is 4.25. The molecule has 0 aromatic carbocycles. The van der Waals surface area contributed by atoms with E-state index in [9.17, 15) is 19.0 Å². The first-order chi connectivity index (χ1) is 27.7. The second-order valence-corrected chi connectivity index (χ2v) is 16.2. The zero-order valence-electron chi connectivity index (χ0n) is 35.9. The molecule has 3 atom stereocenters. The number of phosphoric ester groups is 1. The number of carboxylic acids is 1. The molecule has 57 heavy (non-hydrogen) atoms. The number of esters is 1. The van der Waals surface area contributed by atoms with Crippen LogP contribution in [0.15, 0.2) is 60.8 Å². The summed E-state index contributed by atoms with van der Waals surface area (Å²) in [6.07, 6.45) is 49.8. The van der Waals surface area contributed by atoms with E-state index in [1.807, 2.05) is 0 Å². The number of rotatable bonds is 42. The number of phosphoric acid groups is 1. The number of ether oxygens (including phenoxy) is 2. The van der Waals surface area contributed by atoms with Crippen LogP contribution in [0, 0.1) is 0 Å². The molecule has 0 aromatic heterocycles. The van der Waals surface area contributed by atoms with E-state index >= 15 is 0 Å². The molecule has 4 N–H and O–H groups in total. The van der Waals surface area contributed by atoms with E-state index in [4.69, 9.17) is 29.4 Å². The highest BCUT2D eigenvalue weighted by molar-refractivity contribution is 7.47. The van der Waals surface area contributed by atoms with Gasteiger partial charge >= 0.3 is 19.8 Å². The molecule has 0 aliphatic heterocycles. The van der Waals surface area contributed by atoms with Gasteiger partial charge in [0.05, 0.1) is 19.8 Å². The Kier molecular flexibility index (Phi) is 40.1. The molecule has 0 aromatic rings. The minimum atomic E-state index is -4.62. The Morgan fingerprint density at radius 2 is 1.02 bits per heavy atom. The van der Waals surface area contributed by atoms with Gasteiger partial charge in [0, 0.05) is 13.0 Å². The number of nitrogens with two attached hydrogens (primary N) is 1. The molecule has 0 spiro atoms. The molecule has 0 aliphatic carbocycles. The highest BCUT2D eigenvalue weighted by Crippen LogP contribution is 2.43. The first-order valence-electron chi connectivity index (χ1n) is 22.3. The highest BCUT2D eigenvalue weighted by Gasteiger charge is 2.27. The monoisotopic (exact) mass is 824 g/mol. The molecular weight excluding hydrogens is 741 g/mol. The third-order valence-corrected chi connectivity index (χ3v) is 10.2. The SMILES string of the molecule is CC/C=C\C/C=C\C/C=C\C/C=C\CCCCCCCCCOCC(COP(=O)(O)OCC(N)C(=O)O)OC(=O)CCCCCCC/C=C\CCCCCCCC. The van der Waals surface area contributed by atoms with Crippen molar-refractivity contribution < 1.29 is 42.7 Å². The number of aliphatic carboxylic acids is 1. The lowest BCUT2D eigenvalue weighted by Crippen LogP contribution is -2.34. The summed E-state index contributed by atoms with van der Waals surface area (Å²) >= 11 is 0. The van der Waals surface area contributed by atoms with Crippen LogP contribution in [0.3, 0.4) is 0 Å². The summed E-state index contributed by atoms with van der Waals surface area (Å²) in [5, 5.41) is 8.90. The van der Waals surface area contributed by atoms with Gasteiger partial charge in [-0.3, -0.25) is 18.6 Å². The molecule has 11 heteroatoms. The molecule has 0 fully saturated rings. The second-order valence-electron chi connectivity index (χ2n) is 14.8.